The molecule has 1 aromatic carbocycles. The van der Waals surface area contributed by atoms with Crippen LogP contribution in [-0.4, -0.2) is 5.16 Å². The lowest BCUT2D eigenvalue weighted by molar-refractivity contribution is 0.390. The highest BCUT2D eigenvalue weighted by Crippen LogP contribution is 2.21. The van der Waals surface area contributed by atoms with Gasteiger partial charge < -0.3 is 9.84 Å². The van der Waals surface area contributed by atoms with Gasteiger partial charge in [-0.05, 0) is 44.5 Å². The van der Waals surface area contributed by atoms with Crippen molar-refractivity contribution >= 4 is 0 Å². The molecule has 4 nitrogen and oxygen atoms in total. The van der Waals surface area contributed by atoms with Gasteiger partial charge in [0.25, 0.3) is 0 Å². The van der Waals surface area contributed by atoms with Crippen molar-refractivity contribution in [2.45, 2.75) is 33.4 Å². The van der Waals surface area contributed by atoms with Crippen molar-refractivity contribution in [1.82, 2.24) is 10.5 Å². The van der Waals surface area contributed by atoms with Crippen molar-refractivity contribution in [3.8, 4) is 6.07 Å². The summed E-state index contributed by atoms with van der Waals surface area (Å²) in [6, 6.07) is 6.24. The van der Waals surface area contributed by atoms with Crippen LogP contribution in [0.1, 0.15) is 41.1 Å². The second kappa shape index (κ2) is 5.85. The molecule has 1 N–H and O–H groups in total. The highest BCUT2D eigenvalue weighted by atomic mass is 19.1. The molecule has 20 heavy (non-hydrogen) atoms. The summed E-state index contributed by atoms with van der Waals surface area (Å²) in [6.07, 6.45) is 0. The highest BCUT2D eigenvalue weighted by molar-refractivity contribution is 5.38. The van der Waals surface area contributed by atoms with Gasteiger partial charge in [0.2, 0.25) is 0 Å². The zero-order chi connectivity index (χ0) is 14.7. The number of nitrogens with one attached hydrogen (secondary N) is 1. The van der Waals surface area contributed by atoms with E-state index in [1.165, 1.54) is 18.2 Å². The smallest absolute Gasteiger partial charge is 0.138 e. The molecular weight excluding hydrogens is 257 g/mol. The van der Waals surface area contributed by atoms with Crippen LogP contribution in [0.15, 0.2) is 22.7 Å². The topological polar surface area (TPSA) is 61.9 Å². The van der Waals surface area contributed by atoms with E-state index in [-0.39, 0.29) is 11.9 Å². The van der Waals surface area contributed by atoms with E-state index in [1.807, 2.05) is 20.8 Å². The predicted octanol–water partition coefficient (Wildman–Crippen LogP) is 3.15. The van der Waals surface area contributed by atoms with Crippen LogP contribution in [0.5, 0.6) is 0 Å². The zero-order valence-electron chi connectivity index (χ0n) is 11.7. The second-order valence-electron chi connectivity index (χ2n) is 4.75. The average Bonchev–Trinajstić information content (AvgIpc) is 2.76. The molecular formula is C15H16FN3O. The molecule has 5 heteroatoms. The summed E-state index contributed by atoms with van der Waals surface area (Å²) in [4.78, 5) is 0. The first kappa shape index (κ1) is 14.2. The van der Waals surface area contributed by atoms with E-state index in [4.69, 9.17) is 9.78 Å². The minimum absolute atomic E-state index is 0.0102. The predicted molar refractivity (Wildman–Crippen MR) is 72.3 cm³/mol. The molecule has 0 amide bonds. The summed E-state index contributed by atoms with van der Waals surface area (Å²) < 4.78 is 18.4. The minimum Gasteiger partial charge on any atom is -0.361 e. The van der Waals surface area contributed by atoms with E-state index in [0.717, 1.165) is 17.0 Å². The van der Waals surface area contributed by atoms with E-state index in [0.29, 0.717) is 17.7 Å². The Morgan fingerprint density at radius 1 is 1.45 bits per heavy atom. The summed E-state index contributed by atoms with van der Waals surface area (Å²) in [6.45, 7) is 6.13. The Balaban J connectivity index is 2.13. The van der Waals surface area contributed by atoms with Gasteiger partial charge >= 0.3 is 0 Å². The van der Waals surface area contributed by atoms with E-state index in [1.54, 1.807) is 0 Å². The molecule has 0 radical (unpaired) electrons. The molecule has 1 atom stereocenters. The van der Waals surface area contributed by atoms with E-state index in [9.17, 15) is 4.39 Å². The number of aryl methyl sites for hydroxylation is 2. The van der Waals surface area contributed by atoms with Crippen LogP contribution < -0.4 is 5.32 Å². The highest BCUT2D eigenvalue weighted by Gasteiger charge is 2.16. The van der Waals surface area contributed by atoms with Gasteiger partial charge in [0.15, 0.2) is 0 Å². The zero-order valence-corrected chi connectivity index (χ0v) is 11.7. The Morgan fingerprint density at radius 2 is 2.20 bits per heavy atom. The number of aromatic nitrogens is 1. The number of nitrogens with zero attached hydrogens (tertiary/aromatic N) is 2. The molecule has 1 aromatic heterocycles. The third kappa shape index (κ3) is 2.86. The van der Waals surface area contributed by atoms with Gasteiger partial charge in [-0.25, -0.2) is 4.39 Å². The largest absolute Gasteiger partial charge is 0.361 e. The quantitative estimate of drug-likeness (QED) is 0.929. The van der Waals surface area contributed by atoms with Crippen molar-refractivity contribution < 1.29 is 8.91 Å². The molecule has 104 valence electrons. The van der Waals surface area contributed by atoms with Gasteiger partial charge in [-0.15, -0.1) is 0 Å². The molecule has 0 aliphatic heterocycles. The van der Waals surface area contributed by atoms with Crippen LogP contribution in [0.25, 0.3) is 0 Å². The summed E-state index contributed by atoms with van der Waals surface area (Å²) in [7, 11) is 0. The molecule has 0 aliphatic rings. The molecule has 2 rings (SSSR count). The van der Waals surface area contributed by atoms with Gasteiger partial charge in [-0.2, -0.15) is 5.26 Å². The van der Waals surface area contributed by atoms with Gasteiger partial charge in [0.1, 0.15) is 11.6 Å². The monoisotopic (exact) mass is 273 g/mol. The lowest BCUT2D eigenvalue weighted by Gasteiger charge is -2.14. The molecule has 1 unspecified atom stereocenters. The number of nitriles is 1. The van der Waals surface area contributed by atoms with E-state index in [2.05, 4.69) is 16.5 Å². The van der Waals surface area contributed by atoms with Crippen LogP contribution in [-0.2, 0) is 6.54 Å². The number of benzene rings is 1. The van der Waals surface area contributed by atoms with E-state index < -0.39 is 0 Å². The van der Waals surface area contributed by atoms with Crippen LogP contribution >= 0.6 is 0 Å². The van der Waals surface area contributed by atoms with Crippen molar-refractivity contribution in [3.63, 3.8) is 0 Å². The molecule has 1 heterocycles. The van der Waals surface area contributed by atoms with Crippen molar-refractivity contribution in [1.29, 1.82) is 5.26 Å². The molecule has 0 fully saturated rings. The first-order valence-corrected chi connectivity index (χ1v) is 6.37. The van der Waals surface area contributed by atoms with Crippen LogP contribution in [0.3, 0.4) is 0 Å². The van der Waals surface area contributed by atoms with Crippen LogP contribution in [0.4, 0.5) is 4.39 Å². The summed E-state index contributed by atoms with van der Waals surface area (Å²) >= 11 is 0. The van der Waals surface area contributed by atoms with Crippen molar-refractivity contribution in [3.05, 3.63) is 52.2 Å². The average molecular weight is 273 g/mol. The Labute approximate surface area is 117 Å². The SMILES string of the molecule is Cc1noc(C)c1C(C)NCc1cc(F)ccc1C#N. The summed E-state index contributed by atoms with van der Waals surface area (Å²) in [5, 5.41) is 16.2. The fraction of sp³-hybridized carbons (Fsp3) is 0.333. The number of halogens is 1. The molecule has 0 saturated heterocycles. The fourth-order valence-corrected chi connectivity index (χ4v) is 2.29. The molecule has 0 saturated carbocycles. The van der Waals surface area contributed by atoms with Crippen molar-refractivity contribution in [2.24, 2.45) is 0 Å². The third-order valence-electron chi connectivity index (χ3n) is 3.31. The summed E-state index contributed by atoms with van der Waals surface area (Å²) in [5.74, 6) is 0.424. The number of hydrogen-bond acceptors (Lipinski definition) is 4. The number of hydrogen-bond donors (Lipinski definition) is 1. The maximum atomic E-state index is 13.2. The minimum atomic E-state index is -0.342. The van der Waals surface area contributed by atoms with Crippen molar-refractivity contribution in [2.75, 3.05) is 0 Å². The standard InChI is InChI=1S/C15H16FN3O/c1-9(15-10(2)19-20-11(15)3)18-8-13-6-14(16)5-4-12(13)7-17/h4-6,9,18H,8H2,1-3H3. The van der Waals surface area contributed by atoms with Crippen LogP contribution in [0, 0.1) is 31.0 Å². The lowest BCUT2D eigenvalue weighted by atomic mass is 10.0. The molecule has 2 aromatic rings. The Morgan fingerprint density at radius 3 is 2.80 bits per heavy atom. The molecule has 0 aliphatic carbocycles. The maximum Gasteiger partial charge on any atom is 0.138 e. The molecule has 0 spiro atoms. The normalized spacial score (nSPS) is 12.2. The van der Waals surface area contributed by atoms with Gasteiger partial charge in [-0.3, -0.25) is 0 Å². The van der Waals surface area contributed by atoms with Crippen LogP contribution in [0.2, 0.25) is 0 Å². The Bertz CT molecular complexity index is 638. The van der Waals surface area contributed by atoms with Gasteiger partial charge in [0.05, 0.1) is 17.3 Å². The van der Waals surface area contributed by atoms with E-state index >= 15 is 0 Å². The first-order valence-electron chi connectivity index (χ1n) is 6.37. The van der Waals surface area contributed by atoms with Gasteiger partial charge in [-0.1, -0.05) is 5.16 Å². The Kier molecular flexibility index (Phi) is 4.16. The Hall–Kier alpha value is -2.19. The lowest BCUT2D eigenvalue weighted by Crippen LogP contribution is -2.19. The first-order chi connectivity index (χ1) is 9.52. The summed E-state index contributed by atoms with van der Waals surface area (Å²) in [5.41, 5.74) is 2.96. The maximum absolute atomic E-state index is 13.2. The fourth-order valence-electron chi connectivity index (χ4n) is 2.29. The number of rotatable bonds is 4. The van der Waals surface area contributed by atoms with Gasteiger partial charge in [0, 0.05) is 18.2 Å². The third-order valence-corrected chi connectivity index (χ3v) is 3.31. The second-order valence-corrected chi connectivity index (χ2v) is 4.75. The molecule has 0 bridgehead atoms.